The van der Waals surface area contributed by atoms with Crippen LogP contribution in [0.2, 0.25) is 10.0 Å². The number of para-hydroxylation sites is 2. The third-order valence-electron chi connectivity index (χ3n) is 19.7. The van der Waals surface area contributed by atoms with E-state index in [1.165, 1.54) is 84.0 Å². The fraction of sp³-hybridized carbons (Fsp3) is 0.229. The molecule has 3 aliphatic rings. The summed E-state index contributed by atoms with van der Waals surface area (Å²) in [6.45, 7) is 14.3. The zero-order valence-corrected chi connectivity index (χ0v) is 57.5. The normalized spacial score (nSPS) is 14.7. The second-order valence-electron chi connectivity index (χ2n) is 25.8. The highest BCUT2D eigenvalue weighted by Gasteiger charge is 2.31. The first-order valence-corrected chi connectivity index (χ1v) is 35.1. The van der Waals surface area contributed by atoms with Crippen LogP contribution >= 0.6 is 23.2 Å². The molecule has 99 heavy (non-hydrogen) atoms. The first-order chi connectivity index (χ1) is 48.5. The Labute approximate surface area is 586 Å². The summed E-state index contributed by atoms with van der Waals surface area (Å²) in [7, 11) is 0. The van der Waals surface area contributed by atoms with Gasteiger partial charge in [-0.2, -0.15) is 0 Å². The lowest BCUT2D eigenvalue weighted by molar-refractivity contribution is 0.303. The SMILES string of the molecule is CCN(CC)CCCNc1ncc2c(n1)-c1ccccc1C(c1ccc(Cl)cc1)C2.Cc1cccc2c(CCNc3ncc4c(n3)-c3ccccc3C(c3ccc(F)c(F)c3)C4)c[nH]c12.Cc1cccc2c(CCNc3ncc4c(n3)-c3ccccc3C(c3ccccc3Cl)C4)c[nH]c12. The molecule has 0 aliphatic heterocycles. The zero-order chi connectivity index (χ0) is 67.9. The molecule has 0 bridgehead atoms. The van der Waals surface area contributed by atoms with E-state index in [9.17, 15) is 8.78 Å². The number of aromatic nitrogens is 8. The molecule has 12 nitrogen and oxygen atoms in total. The van der Waals surface area contributed by atoms with Crippen molar-refractivity contribution in [3.05, 3.63) is 301 Å². The number of nitrogens with one attached hydrogen (secondary N) is 5. The third kappa shape index (κ3) is 14.3. The monoisotopic (exact) mass is 1350 g/mol. The molecule has 5 heterocycles. The minimum Gasteiger partial charge on any atom is -0.361 e. The number of halogens is 4. The van der Waals surface area contributed by atoms with Crippen LogP contribution in [0.3, 0.4) is 0 Å². The van der Waals surface area contributed by atoms with Crippen LogP contribution < -0.4 is 16.0 Å². The first-order valence-electron chi connectivity index (χ1n) is 34.3. The number of anilines is 3. The summed E-state index contributed by atoms with van der Waals surface area (Å²) in [6.07, 6.45) is 15.2. The van der Waals surface area contributed by atoms with Crippen molar-refractivity contribution in [1.29, 1.82) is 0 Å². The van der Waals surface area contributed by atoms with Gasteiger partial charge in [-0.05, 0) is 175 Å². The van der Waals surface area contributed by atoms with Crippen molar-refractivity contribution < 1.29 is 8.78 Å². The maximum absolute atomic E-state index is 14.0. The van der Waals surface area contributed by atoms with E-state index >= 15 is 0 Å². The van der Waals surface area contributed by atoms with Gasteiger partial charge in [0.2, 0.25) is 17.8 Å². The van der Waals surface area contributed by atoms with Gasteiger partial charge in [0.05, 0.1) is 17.1 Å². The number of aryl methyl sites for hydroxylation is 2. The Kier molecular flexibility index (Phi) is 20.0. The fourth-order valence-corrected chi connectivity index (χ4v) is 14.9. The van der Waals surface area contributed by atoms with E-state index in [-0.39, 0.29) is 11.8 Å². The van der Waals surface area contributed by atoms with Gasteiger partial charge in [0.1, 0.15) is 0 Å². The maximum Gasteiger partial charge on any atom is 0.223 e. The average Bonchev–Trinajstić information content (AvgIpc) is 1.54. The summed E-state index contributed by atoms with van der Waals surface area (Å²) >= 11 is 12.7. The summed E-state index contributed by atoms with van der Waals surface area (Å²) in [6, 6.07) is 58.4. The van der Waals surface area contributed by atoms with Gasteiger partial charge in [0.25, 0.3) is 0 Å². The van der Waals surface area contributed by atoms with Gasteiger partial charge in [0, 0.05) is 117 Å². The molecular weight excluding hydrogens is 1270 g/mol. The molecule has 0 saturated heterocycles. The molecule has 13 aromatic rings. The Hall–Kier alpha value is -10.1. The quantitative estimate of drug-likeness (QED) is 0.0526. The predicted molar refractivity (Wildman–Crippen MR) is 400 cm³/mol. The summed E-state index contributed by atoms with van der Waals surface area (Å²) in [5, 5.41) is 14.3. The second-order valence-corrected chi connectivity index (χ2v) is 26.6. The number of benzene rings is 8. The van der Waals surface area contributed by atoms with Gasteiger partial charge >= 0.3 is 0 Å². The van der Waals surface area contributed by atoms with E-state index in [1.807, 2.05) is 67.1 Å². The van der Waals surface area contributed by atoms with E-state index in [2.05, 4.69) is 195 Å². The molecule has 3 atom stereocenters. The summed E-state index contributed by atoms with van der Waals surface area (Å²) in [5.74, 6) is 0.718. The Bertz CT molecular complexity index is 5030. The molecule has 5 aromatic heterocycles. The summed E-state index contributed by atoms with van der Waals surface area (Å²) < 4.78 is 27.5. The minimum atomic E-state index is -0.833. The molecule has 5 N–H and O–H groups in total. The van der Waals surface area contributed by atoms with Crippen molar-refractivity contribution in [3.8, 4) is 33.8 Å². The standard InChI is InChI=1S/C29H25ClN4.C29H24F2N4.C25H29ClN4/c1-18-7-6-11-21-19(16-32-27(18)21)13-14-31-29-33-17-20-15-25(23-9-4-5-12-26(23)30)22-8-2-3-10-24(22)28(20)34-29;1-17-5-4-8-21-19(15-33-27(17)21)11-12-32-29-34-16-20-13-24(18-9-10-25(30)26(31)14-18)22-6-2-3-7-23(22)28(20)35-29;1-3-30(4-2)15-7-14-27-25-28-17-19-16-23(18-10-12-20(26)13-11-18)21-8-5-6-9-22(21)24(19)29-25/h2-12,16-17,25,32H,13-15H2,1H3,(H,31,33,34);2-10,14-16,24,33H,11-13H2,1H3,(H,32,34,35);5-6,8-13,17,23H,3-4,7,14-16H2,1-2H3,(H,27,28,29). The van der Waals surface area contributed by atoms with E-state index in [0.29, 0.717) is 36.7 Å². The molecule has 3 unspecified atom stereocenters. The first kappa shape index (κ1) is 66.1. The Morgan fingerprint density at radius 2 is 0.899 bits per heavy atom. The van der Waals surface area contributed by atoms with Crippen LogP contribution in [0.4, 0.5) is 26.6 Å². The number of H-pyrrole nitrogens is 2. The van der Waals surface area contributed by atoms with Crippen molar-refractivity contribution in [2.75, 3.05) is 55.2 Å². The van der Waals surface area contributed by atoms with E-state index in [4.69, 9.17) is 38.2 Å². The van der Waals surface area contributed by atoms with Crippen LogP contribution in [-0.2, 0) is 32.1 Å². The molecule has 0 radical (unpaired) electrons. The number of nitrogens with zero attached hydrogens (tertiary/aromatic N) is 7. The van der Waals surface area contributed by atoms with Crippen molar-refractivity contribution in [2.24, 2.45) is 0 Å². The molecule has 16 heteroatoms. The van der Waals surface area contributed by atoms with E-state index in [1.54, 1.807) is 6.07 Å². The Balaban J connectivity index is 0.000000127. The third-order valence-corrected chi connectivity index (χ3v) is 20.3. The van der Waals surface area contributed by atoms with Gasteiger partial charge in [-0.25, -0.2) is 38.7 Å². The van der Waals surface area contributed by atoms with Gasteiger partial charge in [0.15, 0.2) is 11.6 Å². The summed E-state index contributed by atoms with van der Waals surface area (Å²) in [5.41, 5.74) is 23.9. The van der Waals surface area contributed by atoms with Crippen molar-refractivity contribution in [1.82, 2.24) is 44.8 Å². The predicted octanol–water partition coefficient (Wildman–Crippen LogP) is 19.1. The maximum atomic E-state index is 14.0. The van der Waals surface area contributed by atoms with Crippen LogP contribution in [0, 0.1) is 25.5 Å². The van der Waals surface area contributed by atoms with Crippen LogP contribution in [0.5, 0.6) is 0 Å². The number of fused-ring (bicyclic) bond motifs is 11. The smallest absolute Gasteiger partial charge is 0.223 e. The largest absolute Gasteiger partial charge is 0.361 e. The van der Waals surface area contributed by atoms with E-state index in [0.717, 1.165) is 131 Å². The van der Waals surface area contributed by atoms with Gasteiger partial charge in [-0.3, -0.25) is 0 Å². The lowest BCUT2D eigenvalue weighted by Crippen LogP contribution is -2.25. The molecule has 3 aliphatic carbocycles. The Morgan fingerprint density at radius 3 is 1.38 bits per heavy atom. The Morgan fingerprint density at radius 1 is 0.465 bits per heavy atom. The lowest BCUT2D eigenvalue weighted by Gasteiger charge is -2.28. The average molecular weight is 1350 g/mol. The van der Waals surface area contributed by atoms with Crippen LogP contribution in [0.15, 0.2) is 207 Å². The molecule has 0 amide bonds. The molecule has 8 aromatic carbocycles. The van der Waals surface area contributed by atoms with Crippen molar-refractivity contribution >= 4 is 62.9 Å². The van der Waals surface area contributed by atoms with Crippen molar-refractivity contribution in [2.45, 2.75) is 84.0 Å². The summed E-state index contributed by atoms with van der Waals surface area (Å²) in [4.78, 5) is 37.7. The highest BCUT2D eigenvalue weighted by atomic mass is 35.5. The topological polar surface area (TPSA) is 148 Å². The zero-order valence-electron chi connectivity index (χ0n) is 56.0. The highest BCUT2D eigenvalue weighted by molar-refractivity contribution is 6.31. The van der Waals surface area contributed by atoms with Crippen LogP contribution in [-0.4, -0.2) is 84.0 Å². The number of hydrogen-bond acceptors (Lipinski definition) is 10. The molecule has 0 fully saturated rings. The molecular formula is C83H78Cl2F2N12. The minimum absolute atomic E-state index is 0.0819. The van der Waals surface area contributed by atoms with Gasteiger partial charge in [-0.1, -0.05) is 183 Å². The molecule has 16 rings (SSSR count). The molecule has 0 spiro atoms. The number of hydrogen-bond donors (Lipinski definition) is 5. The van der Waals surface area contributed by atoms with Crippen LogP contribution in [0.25, 0.3) is 55.6 Å². The fourth-order valence-electron chi connectivity index (χ4n) is 14.5. The lowest BCUT2D eigenvalue weighted by atomic mass is 9.78. The van der Waals surface area contributed by atoms with E-state index < -0.39 is 11.6 Å². The second kappa shape index (κ2) is 29.9. The number of rotatable bonds is 18. The van der Waals surface area contributed by atoms with Crippen molar-refractivity contribution in [3.63, 3.8) is 0 Å². The number of aromatic amines is 2. The van der Waals surface area contributed by atoms with Crippen LogP contribution in [0.1, 0.15) is 110 Å². The van der Waals surface area contributed by atoms with Gasteiger partial charge in [-0.15, -0.1) is 0 Å². The molecule has 0 saturated carbocycles. The van der Waals surface area contributed by atoms with Gasteiger partial charge < -0.3 is 30.8 Å². The highest BCUT2D eigenvalue weighted by Crippen LogP contribution is 2.46. The molecule has 498 valence electrons.